The summed E-state index contributed by atoms with van der Waals surface area (Å²) in [5.74, 6) is 1.77. The van der Waals surface area contributed by atoms with Gasteiger partial charge in [0.15, 0.2) is 17.3 Å². The second-order valence-electron chi connectivity index (χ2n) is 6.30. The number of aryl methyl sites for hydroxylation is 1. The first kappa shape index (κ1) is 18.1. The number of aromatic nitrogens is 1. The quantitative estimate of drug-likeness (QED) is 0.672. The summed E-state index contributed by atoms with van der Waals surface area (Å²) in [4.78, 5) is 12.1. The molecule has 1 aliphatic heterocycles. The van der Waals surface area contributed by atoms with Crippen molar-refractivity contribution >= 4 is 11.6 Å². The number of fused-ring (bicyclic) bond motifs is 1. The molecule has 3 aromatic rings. The van der Waals surface area contributed by atoms with Crippen LogP contribution in [0.2, 0.25) is 0 Å². The fraction of sp³-hybridized carbons (Fsp3) is 0.238. The van der Waals surface area contributed by atoms with Gasteiger partial charge in [-0.15, -0.1) is 0 Å². The van der Waals surface area contributed by atoms with Crippen LogP contribution in [-0.2, 0) is 22.6 Å². The van der Waals surface area contributed by atoms with Gasteiger partial charge in [0.1, 0.15) is 12.3 Å². The number of carbonyl (C=O) groups is 1. The Kier molecular flexibility index (Phi) is 5.25. The van der Waals surface area contributed by atoms with Crippen LogP contribution in [0.5, 0.6) is 11.5 Å². The fourth-order valence-corrected chi connectivity index (χ4v) is 2.95. The van der Waals surface area contributed by atoms with Crippen LogP contribution in [0, 0.1) is 0 Å². The van der Waals surface area contributed by atoms with E-state index in [4.69, 9.17) is 18.7 Å². The van der Waals surface area contributed by atoms with Gasteiger partial charge in [-0.3, -0.25) is 4.79 Å². The number of amides is 1. The second kappa shape index (κ2) is 8.14. The van der Waals surface area contributed by atoms with Crippen molar-refractivity contribution in [3.8, 4) is 22.8 Å². The number of para-hydroxylation sites is 1. The molecular formula is C21H20N2O5. The molecule has 0 saturated heterocycles. The lowest BCUT2D eigenvalue weighted by atomic mass is 10.1. The zero-order chi connectivity index (χ0) is 19.3. The Bertz CT molecular complexity index is 982. The maximum atomic E-state index is 12.1. The molecule has 7 heteroatoms. The van der Waals surface area contributed by atoms with Crippen LogP contribution in [0.25, 0.3) is 11.3 Å². The average Bonchev–Trinajstić information content (AvgIpc) is 3.37. The van der Waals surface area contributed by atoms with Gasteiger partial charge < -0.3 is 24.1 Å². The van der Waals surface area contributed by atoms with E-state index in [1.165, 1.54) is 0 Å². The fourth-order valence-electron chi connectivity index (χ4n) is 2.95. The molecule has 1 N–H and O–H groups in total. The number of carbonyl (C=O) groups excluding carboxylic acids is 1. The van der Waals surface area contributed by atoms with Gasteiger partial charge in [0, 0.05) is 17.3 Å². The van der Waals surface area contributed by atoms with Crippen molar-refractivity contribution in [3.63, 3.8) is 0 Å². The molecule has 0 saturated carbocycles. The van der Waals surface area contributed by atoms with E-state index in [-0.39, 0.29) is 25.9 Å². The number of hydrogen-bond donors (Lipinski definition) is 1. The highest BCUT2D eigenvalue weighted by molar-refractivity contribution is 5.92. The molecular weight excluding hydrogens is 360 g/mol. The Labute approximate surface area is 162 Å². The molecule has 1 aliphatic rings. The van der Waals surface area contributed by atoms with E-state index < -0.39 is 0 Å². The standard InChI is InChI=1S/C21H20N2O5/c1-2-14-5-3-4-6-17(14)22-21(24)12-25-11-16-10-19(28-23-16)15-7-8-18-20(9-15)27-13-26-18/h3-10H,2,11-13H2,1H3,(H,22,24). The van der Waals surface area contributed by atoms with Crippen LogP contribution >= 0.6 is 0 Å². The minimum absolute atomic E-state index is 0.0652. The molecule has 0 aliphatic carbocycles. The molecule has 0 spiro atoms. The third kappa shape index (κ3) is 3.99. The Balaban J connectivity index is 1.30. The van der Waals surface area contributed by atoms with Crippen LogP contribution < -0.4 is 14.8 Å². The van der Waals surface area contributed by atoms with E-state index in [1.807, 2.05) is 49.4 Å². The van der Waals surface area contributed by atoms with Crippen molar-refractivity contribution in [1.29, 1.82) is 0 Å². The second-order valence-corrected chi connectivity index (χ2v) is 6.30. The third-order valence-electron chi connectivity index (χ3n) is 4.37. The van der Waals surface area contributed by atoms with Crippen molar-refractivity contribution in [2.45, 2.75) is 20.0 Å². The van der Waals surface area contributed by atoms with Gasteiger partial charge in [-0.2, -0.15) is 0 Å². The predicted molar refractivity (Wildman–Crippen MR) is 102 cm³/mol. The molecule has 1 amide bonds. The number of ether oxygens (including phenoxy) is 3. The van der Waals surface area contributed by atoms with E-state index in [9.17, 15) is 4.79 Å². The molecule has 4 rings (SSSR count). The SMILES string of the molecule is CCc1ccccc1NC(=O)COCc1cc(-c2ccc3c(c2)OCO3)on1. The summed E-state index contributed by atoms with van der Waals surface area (Å²) in [6.07, 6.45) is 0.846. The highest BCUT2D eigenvalue weighted by Crippen LogP contribution is 2.36. The third-order valence-corrected chi connectivity index (χ3v) is 4.37. The topological polar surface area (TPSA) is 82.8 Å². The van der Waals surface area contributed by atoms with Crippen molar-refractivity contribution in [1.82, 2.24) is 5.16 Å². The monoisotopic (exact) mass is 380 g/mol. The summed E-state index contributed by atoms with van der Waals surface area (Å²) < 4.78 is 21.5. The Morgan fingerprint density at radius 3 is 2.89 bits per heavy atom. The van der Waals surface area contributed by atoms with E-state index in [0.717, 1.165) is 23.2 Å². The molecule has 0 radical (unpaired) electrons. The van der Waals surface area contributed by atoms with Crippen LogP contribution in [0.15, 0.2) is 53.1 Å². The zero-order valence-corrected chi connectivity index (χ0v) is 15.4. The minimum Gasteiger partial charge on any atom is -0.454 e. The lowest BCUT2D eigenvalue weighted by Gasteiger charge is -2.09. The van der Waals surface area contributed by atoms with Gasteiger partial charge in [0.05, 0.1) is 6.61 Å². The molecule has 7 nitrogen and oxygen atoms in total. The number of benzene rings is 2. The van der Waals surface area contributed by atoms with Crippen molar-refractivity contribution < 1.29 is 23.5 Å². The lowest BCUT2D eigenvalue weighted by Crippen LogP contribution is -2.19. The van der Waals surface area contributed by atoms with Crippen molar-refractivity contribution in [2.24, 2.45) is 0 Å². The van der Waals surface area contributed by atoms with Crippen molar-refractivity contribution in [2.75, 3.05) is 18.7 Å². The molecule has 2 heterocycles. The summed E-state index contributed by atoms with van der Waals surface area (Å²) in [5.41, 5.74) is 3.33. The molecule has 2 aromatic carbocycles. The molecule has 28 heavy (non-hydrogen) atoms. The van der Waals surface area contributed by atoms with Gasteiger partial charge in [0.25, 0.3) is 0 Å². The normalized spacial score (nSPS) is 12.2. The van der Waals surface area contributed by atoms with Crippen LogP contribution in [0.1, 0.15) is 18.2 Å². The van der Waals surface area contributed by atoms with Gasteiger partial charge >= 0.3 is 0 Å². The summed E-state index contributed by atoms with van der Waals surface area (Å²) in [6.45, 7) is 2.38. The van der Waals surface area contributed by atoms with Crippen LogP contribution in [-0.4, -0.2) is 24.5 Å². The molecule has 0 unspecified atom stereocenters. The van der Waals surface area contributed by atoms with E-state index in [0.29, 0.717) is 23.0 Å². The average molecular weight is 380 g/mol. The Morgan fingerprint density at radius 2 is 2.00 bits per heavy atom. The number of nitrogens with zero attached hydrogens (tertiary/aromatic N) is 1. The summed E-state index contributed by atoms with van der Waals surface area (Å²) in [7, 11) is 0. The van der Waals surface area contributed by atoms with Crippen LogP contribution in [0.4, 0.5) is 5.69 Å². The summed E-state index contributed by atoms with van der Waals surface area (Å²) in [6, 6.07) is 15.0. The number of anilines is 1. The van der Waals surface area contributed by atoms with E-state index in [2.05, 4.69) is 10.5 Å². The number of hydrogen-bond acceptors (Lipinski definition) is 6. The molecule has 0 bridgehead atoms. The summed E-state index contributed by atoms with van der Waals surface area (Å²) in [5, 5.41) is 6.86. The van der Waals surface area contributed by atoms with E-state index in [1.54, 1.807) is 6.07 Å². The lowest BCUT2D eigenvalue weighted by molar-refractivity contribution is -0.121. The highest BCUT2D eigenvalue weighted by atomic mass is 16.7. The Hall–Kier alpha value is -3.32. The molecule has 0 atom stereocenters. The van der Waals surface area contributed by atoms with Gasteiger partial charge in [-0.1, -0.05) is 30.3 Å². The van der Waals surface area contributed by atoms with Gasteiger partial charge in [0.2, 0.25) is 12.7 Å². The molecule has 0 fully saturated rings. The van der Waals surface area contributed by atoms with Gasteiger partial charge in [-0.25, -0.2) is 0 Å². The number of nitrogens with one attached hydrogen (secondary N) is 1. The minimum atomic E-state index is -0.208. The zero-order valence-electron chi connectivity index (χ0n) is 15.4. The largest absolute Gasteiger partial charge is 0.454 e. The predicted octanol–water partition coefficient (Wildman–Crippen LogP) is 3.79. The molecule has 144 valence electrons. The smallest absolute Gasteiger partial charge is 0.250 e. The first-order chi connectivity index (χ1) is 13.7. The maximum absolute atomic E-state index is 12.1. The van der Waals surface area contributed by atoms with Crippen molar-refractivity contribution in [3.05, 3.63) is 59.8 Å². The Morgan fingerprint density at radius 1 is 1.14 bits per heavy atom. The molecule has 1 aromatic heterocycles. The number of rotatable bonds is 7. The first-order valence-corrected chi connectivity index (χ1v) is 9.04. The first-order valence-electron chi connectivity index (χ1n) is 9.04. The van der Waals surface area contributed by atoms with Gasteiger partial charge in [-0.05, 0) is 36.2 Å². The summed E-state index contributed by atoms with van der Waals surface area (Å²) >= 11 is 0. The maximum Gasteiger partial charge on any atom is 0.250 e. The highest BCUT2D eigenvalue weighted by Gasteiger charge is 2.16. The van der Waals surface area contributed by atoms with E-state index >= 15 is 0 Å². The van der Waals surface area contributed by atoms with Crippen LogP contribution in [0.3, 0.4) is 0 Å².